The van der Waals surface area contributed by atoms with Crippen molar-refractivity contribution in [2.45, 2.75) is 31.6 Å². The van der Waals surface area contributed by atoms with Crippen LogP contribution in [0.3, 0.4) is 0 Å². The topological polar surface area (TPSA) is 82.2 Å². The minimum atomic E-state index is 0.0585. The molecule has 7 heteroatoms. The van der Waals surface area contributed by atoms with E-state index in [0.717, 1.165) is 44.5 Å². The van der Waals surface area contributed by atoms with Gasteiger partial charge in [0.05, 0.1) is 0 Å². The van der Waals surface area contributed by atoms with Gasteiger partial charge in [0.1, 0.15) is 11.0 Å². The van der Waals surface area contributed by atoms with Gasteiger partial charge in [0, 0.05) is 37.8 Å². The van der Waals surface area contributed by atoms with Crippen molar-refractivity contribution < 1.29 is 9.59 Å². The summed E-state index contributed by atoms with van der Waals surface area (Å²) >= 11 is 0. The van der Waals surface area contributed by atoms with Crippen LogP contribution in [-0.2, 0) is 4.79 Å². The first-order valence-electron chi connectivity index (χ1n) is 12.3. The zero-order chi connectivity index (χ0) is 23.1. The van der Waals surface area contributed by atoms with Crippen LogP contribution in [0.5, 0.6) is 0 Å². The van der Waals surface area contributed by atoms with Crippen molar-refractivity contribution in [1.29, 1.82) is 0 Å². The molecule has 0 radical (unpaired) electrons. The minimum absolute atomic E-state index is 0.0585. The number of nitrogens with zero attached hydrogens (tertiary/aromatic N) is 4. The Hall–Kier alpha value is -3.48. The summed E-state index contributed by atoms with van der Waals surface area (Å²) in [6.07, 6.45) is 8.13. The summed E-state index contributed by atoms with van der Waals surface area (Å²) in [5.74, 6) is 1.70. The van der Waals surface area contributed by atoms with Crippen LogP contribution in [0.1, 0.15) is 53.1 Å². The molecule has 0 spiro atoms. The molecule has 2 amide bonds. The van der Waals surface area contributed by atoms with E-state index in [4.69, 9.17) is 0 Å². The zero-order valence-electron chi connectivity index (χ0n) is 19.2. The largest absolute Gasteiger partial charge is 0.339 e. The molecule has 2 saturated heterocycles. The number of likely N-dealkylation sites (tertiary alicyclic amines) is 2. The first-order chi connectivity index (χ1) is 16.7. The lowest BCUT2D eigenvalue weighted by molar-refractivity contribution is -0.126. The molecule has 2 aromatic carbocycles. The van der Waals surface area contributed by atoms with Crippen LogP contribution in [0.2, 0.25) is 0 Å². The van der Waals surface area contributed by atoms with Gasteiger partial charge in [0.2, 0.25) is 5.91 Å². The SMILES string of the molecule is O=C(C=Cc1ccccc1C1CC1)N1CCC2CN(C(=O)c3ccc4n[nH]nc4c3)CC2CC1. The van der Waals surface area contributed by atoms with Crippen molar-refractivity contribution in [2.24, 2.45) is 11.8 Å². The van der Waals surface area contributed by atoms with Gasteiger partial charge in [-0.25, -0.2) is 0 Å². The minimum Gasteiger partial charge on any atom is -0.339 e. The molecule has 7 nitrogen and oxygen atoms in total. The number of nitrogens with one attached hydrogen (secondary N) is 1. The van der Waals surface area contributed by atoms with Gasteiger partial charge in [0.15, 0.2) is 0 Å². The molecule has 174 valence electrons. The van der Waals surface area contributed by atoms with E-state index in [9.17, 15) is 9.59 Å². The molecule has 1 aromatic heterocycles. The fraction of sp³-hybridized carbons (Fsp3) is 0.407. The lowest BCUT2D eigenvalue weighted by atomic mass is 9.92. The molecular formula is C27H29N5O2. The van der Waals surface area contributed by atoms with E-state index in [1.54, 1.807) is 6.08 Å². The Morgan fingerprint density at radius 3 is 2.38 bits per heavy atom. The molecule has 1 aliphatic carbocycles. The van der Waals surface area contributed by atoms with Crippen molar-refractivity contribution in [3.8, 4) is 0 Å². The summed E-state index contributed by atoms with van der Waals surface area (Å²) in [6, 6.07) is 13.9. The van der Waals surface area contributed by atoms with Crippen molar-refractivity contribution in [1.82, 2.24) is 25.2 Å². The van der Waals surface area contributed by atoms with E-state index in [1.165, 1.54) is 24.0 Å². The predicted octanol–water partition coefficient (Wildman–Crippen LogP) is 3.86. The van der Waals surface area contributed by atoms with Crippen molar-refractivity contribution in [3.05, 3.63) is 65.2 Å². The van der Waals surface area contributed by atoms with Gasteiger partial charge in [-0.1, -0.05) is 24.3 Å². The summed E-state index contributed by atoms with van der Waals surface area (Å²) in [7, 11) is 0. The van der Waals surface area contributed by atoms with Crippen LogP contribution in [0.4, 0.5) is 0 Å². The quantitative estimate of drug-likeness (QED) is 0.606. The number of rotatable bonds is 4. The average molecular weight is 456 g/mol. The fourth-order valence-electron chi connectivity index (χ4n) is 5.59. The Morgan fingerprint density at radius 1 is 0.882 bits per heavy atom. The molecule has 0 bridgehead atoms. The van der Waals surface area contributed by atoms with Crippen molar-refractivity contribution in [3.63, 3.8) is 0 Å². The molecule has 1 saturated carbocycles. The summed E-state index contributed by atoms with van der Waals surface area (Å²) in [6.45, 7) is 3.02. The molecule has 3 heterocycles. The lowest BCUT2D eigenvalue weighted by Crippen LogP contribution is -2.33. The number of carbonyl (C=O) groups excluding carboxylic acids is 2. The number of hydrogen-bond donors (Lipinski definition) is 1. The second-order valence-electron chi connectivity index (χ2n) is 9.90. The summed E-state index contributed by atoms with van der Waals surface area (Å²) in [5, 5.41) is 10.8. The highest BCUT2D eigenvalue weighted by molar-refractivity contribution is 5.97. The van der Waals surface area contributed by atoms with E-state index < -0.39 is 0 Å². The Kier molecular flexibility index (Phi) is 5.40. The van der Waals surface area contributed by atoms with Gasteiger partial charge in [0.25, 0.3) is 5.91 Å². The lowest BCUT2D eigenvalue weighted by Gasteiger charge is -2.21. The molecule has 6 rings (SSSR count). The van der Waals surface area contributed by atoms with Crippen LogP contribution >= 0.6 is 0 Å². The standard InChI is InChI=1S/C27H29N5O2/c33-26(10-8-18-3-1-2-4-23(18)19-5-6-19)31-13-11-21-16-32(17-22(21)12-14-31)27(34)20-7-9-24-25(15-20)29-30-28-24/h1-4,7-10,15,19,21-22H,5-6,11-14,16-17H2,(H,28,29,30). The molecule has 2 aliphatic heterocycles. The number of hydrogen-bond acceptors (Lipinski definition) is 4. The first kappa shape index (κ1) is 21.1. The van der Waals surface area contributed by atoms with E-state index >= 15 is 0 Å². The molecule has 3 fully saturated rings. The Bertz CT molecular complexity index is 1240. The molecule has 3 aliphatic rings. The normalized spacial score (nSPS) is 22.8. The Balaban J connectivity index is 1.07. The summed E-state index contributed by atoms with van der Waals surface area (Å²) in [4.78, 5) is 30.0. The molecule has 2 unspecified atom stereocenters. The third kappa shape index (κ3) is 4.11. The van der Waals surface area contributed by atoms with Crippen LogP contribution in [0, 0.1) is 11.8 Å². The molecular weight excluding hydrogens is 426 g/mol. The highest BCUT2D eigenvalue weighted by atomic mass is 16.2. The number of benzene rings is 2. The highest BCUT2D eigenvalue weighted by Gasteiger charge is 2.37. The Morgan fingerprint density at radius 2 is 1.62 bits per heavy atom. The second kappa shape index (κ2) is 8.70. The number of amides is 2. The predicted molar refractivity (Wildman–Crippen MR) is 130 cm³/mol. The van der Waals surface area contributed by atoms with Gasteiger partial charge in [-0.2, -0.15) is 15.4 Å². The number of carbonyl (C=O) groups is 2. The van der Waals surface area contributed by atoms with Gasteiger partial charge >= 0.3 is 0 Å². The third-order valence-electron chi connectivity index (χ3n) is 7.70. The Labute approximate surface area is 198 Å². The van der Waals surface area contributed by atoms with Crippen LogP contribution < -0.4 is 0 Å². The summed E-state index contributed by atoms with van der Waals surface area (Å²) < 4.78 is 0. The van der Waals surface area contributed by atoms with Crippen LogP contribution in [-0.4, -0.2) is 63.2 Å². The fourth-order valence-corrected chi connectivity index (χ4v) is 5.59. The van der Waals surface area contributed by atoms with E-state index in [-0.39, 0.29) is 11.8 Å². The zero-order valence-corrected chi connectivity index (χ0v) is 19.2. The maximum Gasteiger partial charge on any atom is 0.253 e. The molecule has 2 atom stereocenters. The number of aromatic nitrogens is 3. The van der Waals surface area contributed by atoms with Gasteiger partial charge in [-0.15, -0.1) is 0 Å². The maximum atomic E-state index is 13.1. The number of fused-ring (bicyclic) bond motifs is 2. The van der Waals surface area contributed by atoms with E-state index in [2.05, 4.69) is 33.6 Å². The second-order valence-corrected chi connectivity index (χ2v) is 9.90. The van der Waals surface area contributed by atoms with Crippen LogP contribution in [0.25, 0.3) is 17.1 Å². The van der Waals surface area contributed by atoms with Gasteiger partial charge < -0.3 is 9.80 Å². The van der Waals surface area contributed by atoms with Crippen molar-refractivity contribution >= 4 is 28.9 Å². The summed E-state index contributed by atoms with van der Waals surface area (Å²) in [5.41, 5.74) is 4.66. The highest BCUT2D eigenvalue weighted by Crippen LogP contribution is 2.42. The maximum absolute atomic E-state index is 13.1. The van der Waals surface area contributed by atoms with E-state index in [1.807, 2.05) is 40.1 Å². The molecule has 1 N–H and O–H groups in total. The first-order valence-corrected chi connectivity index (χ1v) is 12.3. The smallest absolute Gasteiger partial charge is 0.253 e. The average Bonchev–Trinajstić information content (AvgIpc) is 3.52. The molecule has 3 aromatic rings. The van der Waals surface area contributed by atoms with Crippen LogP contribution in [0.15, 0.2) is 48.5 Å². The monoisotopic (exact) mass is 455 g/mol. The number of aromatic amines is 1. The van der Waals surface area contributed by atoms with Crippen molar-refractivity contribution in [2.75, 3.05) is 26.2 Å². The van der Waals surface area contributed by atoms with Gasteiger partial charge in [-0.05, 0) is 78.8 Å². The van der Waals surface area contributed by atoms with Gasteiger partial charge in [-0.3, -0.25) is 9.59 Å². The van der Waals surface area contributed by atoms with E-state index in [0.29, 0.717) is 28.8 Å². The number of H-pyrrole nitrogens is 1. The third-order valence-corrected chi connectivity index (χ3v) is 7.70. The molecule has 34 heavy (non-hydrogen) atoms.